The Kier molecular flexibility index (Phi) is 5.68. The van der Waals surface area contributed by atoms with Crippen molar-refractivity contribution in [1.82, 2.24) is 0 Å². The maximum Gasteiger partial charge on any atom is 0.335 e. The number of hydrogen-bond acceptors (Lipinski definition) is 5. The Bertz CT molecular complexity index is 993. The number of fused-ring (bicyclic) bond motifs is 5. The van der Waals surface area contributed by atoms with E-state index < -0.39 is 17.7 Å². The van der Waals surface area contributed by atoms with Crippen LogP contribution in [-0.2, 0) is 19.1 Å². The van der Waals surface area contributed by atoms with Crippen LogP contribution in [0.3, 0.4) is 0 Å². The van der Waals surface area contributed by atoms with Crippen LogP contribution in [0, 0.1) is 39.9 Å². The number of rotatable bonds is 2. The number of aliphatic hydroxyl groups excluding tert-OH is 1. The summed E-state index contributed by atoms with van der Waals surface area (Å²) in [6.07, 6.45) is 10.1. The van der Waals surface area contributed by atoms with Crippen LogP contribution in [0.1, 0.15) is 93.4 Å². The van der Waals surface area contributed by atoms with Crippen molar-refractivity contribution < 1.29 is 24.2 Å². The average molecular weight is 485 g/mol. The first kappa shape index (κ1) is 25.0. The van der Waals surface area contributed by atoms with Gasteiger partial charge in [0.15, 0.2) is 6.10 Å². The van der Waals surface area contributed by atoms with Gasteiger partial charge in [-0.2, -0.15) is 0 Å². The van der Waals surface area contributed by atoms with Crippen molar-refractivity contribution in [2.75, 3.05) is 0 Å². The Labute approximate surface area is 210 Å². The molecule has 194 valence electrons. The normalized spacial score (nSPS) is 47.7. The molecule has 2 aliphatic heterocycles. The molecule has 35 heavy (non-hydrogen) atoms. The van der Waals surface area contributed by atoms with Gasteiger partial charge in [0.1, 0.15) is 11.7 Å². The Morgan fingerprint density at radius 2 is 1.74 bits per heavy atom. The summed E-state index contributed by atoms with van der Waals surface area (Å²) in [5.41, 5.74) is 1.59. The Balaban J connectivity index is 1.49. The highest BCUT2D eigenvalue weighted by atomic mass is 16.6. The van der Waals surface area contributed by atoms with Gasteiger partial charge in [-0.25, -0.2) is 9.59 Å². The highest BCUT2D eigenvalue weighted by Gasteiger charge is 2.65. The van der Waals surface area contributed by atoms with Crippen LogP contribution in [0.2, 0.25) is 0 Å². The van der Waals surface area contributed by atoms with Crippen molar-refractivity contribution in [3.63, 3.8) is 0 Å². The lowest BCUT2D eigenvalue weighted by atomic mass is 9.44. The summed E-state index contributed by atoms with van der Waals surface area (Å²) in [6.45, 7) is 15.4. The maximum atomic E-state index is 12.6. The lowest BCUT2D eigenvalue weighted by molar-refractivity contribution is -0.169. The van der Waals surface area contributed by atoms with E-state index >= 15 is 0 Å². The molecular weight excluding hydrogens is 440 g/mol. The fourth-order valence-corrected chi connectivity index (χ4v) is 9.54. The first-order valence-corrected chi connectivity index (χ1v) is 13.7. The van der Waals surface area contributed by atoms with Gasteiger partial charge in [-0.05, 0) is 93.3 Å². The predicted octanol–water partition coefficient (Wildman–Crippen LogP) is 5.76. The summed E-state index contributed by atoms with van der Waals surface area (Å²) in [7, 11) is 0. The second-order valence-corrected chi connectivity index (χ2v) is 13.6. The molecule has 3 aliphatic carbocycles. The first-order valence-electron chi connectivity index (χ1n) is 13.7. The molecule has 0 amide bonds. The molecule has 2 saturated carbocycles. The fourth-order valence-electron chi connectivity index (χ4n) is 9.54. The molecule has 5 heteroatoms. The summed E-state index contributed by atoms with van der Waals surface area (Å²) in [6, 6.07) is 0. The number of esters is 2. The van der Waals surface area contributed by atoms with Crippen LogP contribution in [-0.4, -0.2) is 34.9 Å². The minimum absolute atomic E-state index is 0.0463. The highest BCUT2D eigenvalue weighted by Crippen LogP contribution is 2.72. The molecule has 0 spiro atoms. The Morgan fingerprint density at radius 3 is 2.43 bits per heavy atom. The van der Waals surface area contributed by atoms with E-state index in [0.717, 1.165) is 44.1 Å². The van der Waals surface area contributed by atoms with Crippen LogP contribution in [0.15, 0.2) is 23.3 Å². The lowest BCUT2D eigenvalue weighted by Gasteiger charge is -2.61. The zero-order chi connectivity index (χ0) is 25.6. The van der Waals surface area contributed by atoms with Gasteiger partial charge in [0.2, 0.25) is 0 Å². The molecule has 1 N–H and O–H groups in total. The monoisotopic (exact) mass is 484 g/mol. The van der Waals surface area contributed by atoms with E-state index in [2.05, 4.69) is 33.8 Å². The molecular formula is C30H44O5. The molecule has 0 aromatic heterocycles. The van der Waals surface area contributed by atoms with Gasteiger partial charge < -0.3 is 14.6 Å². The maximum absolute atomic E-state index is 12.6. The number of allylic oxidation sites excluding steroid dienone is 2. The second-order valence-electron chi connectivity index (χ2n) is 13.6. The molecule has 5 rings (SSSR count). The standard InChI is InChI=1S/C30H44O5/c1-17-8-10-23(34-25(17)32)18(2)19-12-14-30(7)21-9-11-24-27(3,4)35-26(33)22(31)16-28(24,5)20(21)13-15-29(19,30)6/h8,13,18-19,21-24,31H,9-12,14-16H2,1-7H3. The van der Waals surface area contributed by atoms with Gasteiger partial charge in [-0.1, -0.05) is 45.4 Å². The molecule has 0 aromatic rings. The zero-order valence-corrected chi connectivity index (χ0v) is 22.6. The molecule has 5 aliphatic rings. The van der Waals surface area contributed by atoms with Crippen molar-refractivity contribution in [2.45, 2.75) is 111 Å². The van der Waals surface area contributed by atoms with Crippen LogP contribution in [0.5, 0.6) is 0 Å². The van der Waals surface area contributed by atoms with Gasteiger partial charge in [-0.3, -0.25) is 0 Å². The van der Waals surface area contributed by atoms with Crippen molar-refractivity contribution in [2.24, 2.45) is 39.9 Å². The molecule has 2 heterocycles. The van der Waals surface area contributed by atoms with E-state index in [1.54, 1.807) is 0 Å². The number of carbonyl (C=O) groups excluding carboxylic acids is 2. The third-order valence-electron chi connectivity index (χ3n) is 11.7. The number of hydrogen-bond donors (Lipinski definition) is 1. The lowest BCUT2D eigenvalue weighted by Crippen LogP contribution is -2.55. The minimum atomic E-state index is -1.07. The minimum Gasteiger partial charge on any atom is -0.458 e. The van der Waals surface area contributed by atoms with Gasteiger partial charge >= 0.3 is 11.9 Å². The van der Waals surface area contributed by atoms with E-state index in [1.807, 2.05) is 26.8 Å². The third-order valence-corrected chi connectivity index (χ3v) is 11.7. The molecule has 9 atom stereocenters. The smallest absolute Gasteiger partial charge is 0.335 e. The number of cyclic esters (lactones) is 2. The number of carbonyl (C=O) groups is 2. The largest absolute Gasteiger partial charge is 0.458 e. The quantitative estimate of drug-likeness (QED) is 0.399. The second kappa shape index (κ2) is 7.94. The summed E-state index contributed by atoms with van der Waals surface area (Å²) in [5, 5.41) is 10.7. The third kappa shape index (κ3) is 3.43. The molecule has 1 saturated heterocycles. The summed E-state index contributed by atoms with van der Waals surface area (Å²) < 4.78 is 11.7. The van der Waals surface area contributed by atoms with Crippen molar-refractivity contribution in [1.29, 1.82) is 0 Å². The van der Waals surface area contributed by atoms with Crippen LogP contribution in [0.4, 0.5) is 0 Å². The van der Waals surface area contributed by atoms with Gasteiger partial charge in [-0.15, -0.1) is 0 Å². The van der Waals surface area contributed by atoms with Crippen LogP contribution < -0.4 is 0 Å². The van der Waals surface area contributed by atoms with E-state index in [1.165, 1.54) is 5.57 Å². The number of aliphatic hydroxyl groups is 1. The summed E-state index contributed by atoms with van der Waals surface area (Å²) in [4.78, 5) is 24.8. The Morgan fingerprint density at radius 1 is 1.03 bits per heavy atom. The molecule has 9 unspecified atom stereocenters. The molecule has 0 aromatic carbocycles. The van der Waals surface area contributed by atoms with E-state index in [-0.39, 0.29) is 34.2 Å². The summed E-state index contributed by atoms with van der Waals surface area (Å²) in [5.74, 6) is 0.785. The molecule has 3 fully saturated rings. The van der Waals surface area contributed by atoms with Crippen molar-refractivity contribution >= 4 is 11.9 Å². The fraction of sp³-hybridized carbons (Fsp3) is 0.800. The van der Waals surface area contributed by atoms with Gasteiger partial charge in [0.05, 0.1) is 0 Å². The highest BCUT2D eigenvalue weighted by molar-refractivity contribution is 5.88. The van der Waals surface area contributed by atoms with E-state index in [0.29, 0.717) is 24.2 Å². The SMILES string of the molecule is CC1=CCC(C(C)C2CCC3(C)C4CCC5C(C)(C)OC(=O)C(O)CC5(C)C4=CCC23C)OC1=O. The number of ether oxygens (including phenoxy) is 2. The average Bonchev–Trinajstić information content (AvgIpc) is 3.02. The molecule has 0 bridgehead atoms. The van der Waals surface area contributed by atoms with E-state index in [4.69, 9.17) is 9.47 Å². The summed E-state index contributed by atoms with van der Waals surface area (Å²) >= 11 is 0. The van der Waals surface area contributed by atoms with E-state index in [9.17, 15) is 14.7 Å². The molecule has 0 radical (unpaired) electrons. The van der Waals surface area contributed by atoms with Crippen molar-refractivity contribution in [3.05, 3.63) is 23.3 Å². The Hall–Kier alpha value is -1.62. The zero-order valence-electron chi connectivity index (χ0n) is 22.6. The molecule has 5 nitrogen and oxygen atoms in total. The first-order chi connectivity index (χ1) is 16.2. The van der Waals surface area contributed by atoms with Crippen LogP contribution in [0.25, 0.3) is 0 Å². The van der Waals surface area contributed by atoms with Crippen LogP contribution >= 0.6 is 0 Å². The predicted molar refractivity (Wildman–Crippen MR) is 134 cm³/mol. The van der Waals surface area contributed by atoms with Gasteiger partial charge in [0.25, 0.3) is 0 Å². The van der Waals surface area contributed by atoms with Gasteiger partial charge in [0, 0.05) is 17.9 Å². The van der Waals surface area contributed by atoms with Crippen molar-refractivity contribution in [3.8, 4) is 0 Å². The topological polar surface area (TPSA) is 72.8 Å².